The second kappa shape index (κ2) is 62.2. The summed E-state index contributed by atoms with van der Waals surface area (Å²) in [6.45, 7) is 6.78. The van der Waals surface area contributed by atoms with Crippen LogP contribution in [0.15, 0.2) is 48.6 Å². The average molecular weight is 1010 g/mol. The zero-order valence-electron chi connectivity index (χ0n) is 45.0. The number of imide groups is 1. The summed E-state index contributed by atoms with van der Waals surface area (Å²) in [5, 5.41) is 8.95. The molecular weight excluding hydrogens is 904 g/mol. The normalized spacial score (nSPS) is 12.7. The van der Waals surface area contributed by atoms with Crippen molar-refractivity contribution in [2.24, 2.45) is 5.73 Å². The number of nitrogens with zero attached hydrogens (tertiary/aromatic N) is 3. The van der Waals surface area contributed by atoms with E-state index >= 15 is 0 Å². The number of hydrogen-bond acceptors (Lipinski definition) is 10. The molecule has 13 heteroatoms. The third-order valence-electron chi connectivity index (χ3n) is 10.5. The smallest absolute Gasteiger partial charge is 0.433 e. The number of carbonyl (C=O) groups excluding carboxylic acids is 3. The van der Waals surface area contributed by atoms with Gasteiger partial charge < -0.3 is 25.4 Å². The number of thiol groups is 1. The zero-order chi connectivity index (χ0) is 51.6. The van der Waals surface area contributed by atoms with Crippen molar-refractivity contribution in [1.29, 1.82) is 1.12 Å². The number of ether oxygens (including phenoxy) is 1. The maximum absolute atomic E-state index is 11.1. The van der Waals surface area contributed by atoms with Crippen molar-refractivity contribution in [3.63, 3.8) is 0 Å². The van der Waals surface area contributed by atoms with Crippen molar-refractivity contribution in [1.82, 2.24) is 14.9 Å². The molecule has 1 fully saturated rings. The standard InChI is InChI=1S/C37H69N.C10H16N2O5.C5H13NO.CH2Cl2.CH4S/c1-3-5-7-9-11-13-15-17-19-21-23-25-27-29-31-33-35-37(38)36-34-32-30-28-26-24-22-20-18-16-14-12-10-8-6-4-2;1-11(2)6-3-7-16-10(15)17-12-8(13)4-5-9(12)14;1-6(2)4-3-5-7;2-1-3;1-2/h11-14,17-20,37H,3-10,15-16,21-36,38H2,1-2H3;3-7H2,1-2H3;7H,3-5H2,1-2H3;1H2;2H,1H3/b13-11-,14-12-,19-17-,20-18-;;;;/i/hD. The van der Waals surface area contributed by atoms with Gasteiger partial charge in [0, 0.05) is 32.0 Å². The molecule has 396 valence electrons. The Morgan fingerprint density at radius 2 is 1.00 bits per heavy atom. The van der Waals surface area contributed by atoms with Crippen molar-refractivity contribution < 1.29 is 29.1 Å². The molecule has 67 heavy (non-hydrogen) atoms. The molecule has 0 aromatic rings. The number of rotatable bonds is 38. The highest BCUT2D eigenvalue weighted by Crippen LogP contribution is 2.15. The predicted molar refractivity (Wildman–Crippen MR) is 294 cm³/mol. The van der Waals surface area contributed by atoms with Gasteiger partial charge in [-0.25, -0.2) is 4.79 Å². The number of amides is 2. The van der Waals surface area contributed by atoms with Crippen LogP contribution < -0.4 is 5.73 Å². The van der Waals surface area contributed by atoms with Gasteiger partial charge in [-0.15, -0.1) is 23.2 Å². The van der Waals surface area contributed by atoms with Crippen molar-refractivity contribution in [3.8, 4) is 0 Å². The first-order valence-corrected chi connectivity index (χ1v) is 27.9. The Balaban J connectivity index is -0.000000553. The van der Waals surface area contributed by atoms with E-state index in [-0.39, 0.29) is 24.8 Å². The van der Waals surface area contributed by atoms with Crippen LogP contribution in [0.2, 0.25) is 0 Å². The first kappa shape index (κ1) is 69.4. The van der Waals surface area contributed by atoms with Gasteiger partial charge in [-0.1, -0.05) is 157 Å². The summed E-state index contributed by atoms with van der Waals surface area (Å²) in [5.41, 5.74) is 6.37. The summed E-state index contributed by atoms with van der Waals surface area (Å²) in [5.74, 6) is -1.03. The largest absolute Gasteiger partial charge is 0.533 e. The van der Waals surface area contributed by atoms with Crippen LogP contribution in [0.3, 0.4) is 0 Å². The number of hydrogen-bond donors (Lipinski definition) is 3. The molecule has 10 nitrogen and oxygen atoms in total. The van der Waals surface area contributed by atoms with Crippen molar-refractivity contribution in [2.75, 3.05) is 66.1 Å². The third kappa shape index (κ3) is 64.1. The topological polar surface area (TPSA) is 126 Å². The van der Waals surface area contributed by atoms with Crippen LogP contribution >= 0.6 is 35.7 Å². The molecule has 0 aliphatic carbocycles. The molecule has 0 saturated carbocycles. The molecule has 0 radical (unpaired) electrons. The van der Waals surface area contributed by atoms with Crippen molar-refractivity contribution in [3.05, 3.63) is 48.6 Å². The summed E-state index contributed by atoms with van der Waals surface area (Å²) < 4.78 is 10.8. The average Bonchev–Trinajstić information content (AvgIpc) is 3.62. The molecule has 1 saturated heterocycles. The van der Waals surface area contributed by atoms with Crippen LogP contribution in [0.25, 0.3) is 0 Å². The second-order valence-electron chi connectivity index (χ2n) is 17.4. The molecule has 0 aromatic carbocycles. The molecule has 2 amide bonds. The van der Waals surface area contributed by atoms with Crippen LogP contribution in [0.5, 0.6) is 0 Å². The summed E-state index contributed by atoms with van der Waals surface area (Å²) in [7, 11) is 7.80. The van der Waals surface area contributed by atoms with Gasteiger partial charge in [-0.05, 0) is 131 Å². The van der Waals surface area contributed by atoms with Gasteiger partial charge in [0.2, 0.25) is 0 Å². The lowest BCUT2D eigenvalue weighted by atomic mass is 10.0. The number of unbranched alkanes of at least 4 members (excludes halogenated alkanes) is 18. The minimum atomic E-state index is -1.02. The SMILES string of the molecule is CCCCC/C=C\C/C=C\CCCCCCCCC(N)CCCCCCCC/C=C\C/C=C\CCCCC.CN(C)CCCO.CN(C)CCCOC(=O)ON1C(=O)CCC1=O.ClCCl.[2H]SC. The quantitative estimate of drug-likeness (QED) is 0.0138. The van der Waals surface area contributed by atoms with Gasteiger partial charge in [-0.2, -0.15) is 12.5 Å². The fraction of sp³-hybridized carbons (Fsp3) is 0.796. The van der Waals surface area contributed by atoms with Gasteiger partial charge in [0.1, 0.15) is 1.12 Å². The van der Waals surface area contributed by atoms with Gasteiger partial charge in [-0.3, -0.25) is 14.4 Å². The lowest BCUT2D eigenvalue weighted by Crippen LogP contribution is -2.32. The highest BCUT2D eigenvalue weighted by molar-refractivity contribution is 7.79. The second-order valence-corrected chi connectivity index (χ2v) is 18.2. The van der Waals surface area contributed by atoms with E-state index in [1.54, 1.807) is 6.26 Å². The number of carbonyl (C=O) groups is 3. The maximum Gasteiger partial charge on any atom is 0.533 e. The van der Waals surface area contributed by atoms with Crippen LogP contribution in [0.4, 0.5) is 4.79 Å². The molecule has 1 heterocycles. The first-order valence-electron chi connectivity index (χ1n) is 26.4. The fourth-order valence-corrected chi connectivity index (χ4v) is 6.62. The Morgan fingerprint density at radius 1 is 0.657 bits per heavy atom. The predicted octanol–water partition coefficient (Wildman–Crippen LogP) is 14.8. The van der Waals surface area contributed by atoms with E-state index in [2.05, 4.69) is 72.2 Å². The Morgan fingerprint density at radius 3 is 1.34 bits per heavy atom. The van der Waals surface area contributed by atoms with E-state index in [1.165, 1.54) is 154 Å². The third-order valence-corrected chi connectivity index (χ3v) is 10.5. The van der Waals surface area contributed by atoms with Crippen LogP contribution in [0.1, 0.15) is 206 Å². The minimum Gasteiger partial charge on any atom is -0.433 e. The molecule has 3 N–H and O–H groups in total. The lowest BCUT2D eigenvalue weighted by molar-refractivity contribution is -0.177. The van der Waals surface area contributed by atoms with Crippen molar-refractivity contribution in [2.45, 2.75) is 213 Å². The minimum absolute atomic E-state index is 0.0761. The summed E-state index contributed by atoms with van der Waals surface area (Å²) in [6.07, 6.45) is 55.4. The van der Waals surface area contributed by atoms with E-state index in [1.807, 2.05) is 33.1 Å². The highest BCUT2D eigenvalue weighted by atomic mass is 35.5. The fourth-order valence-electron chi connectivity index (χ4n) is 6.62. The molecule has 0 aromatic heterocycles. The first-order chi connectivity index (χ1) is 32.9. The Bertz CT molecular complexity index is 1120. The number of aliphatic hydroxyl groups is 1. The molecule has 0 bridgehead atoms. The molecule has 1 rings (SSSR count). The Labute approximate surface area is 429 Å². The van der Waals surface area contributed by atoms with E-state index in [9.17, 15) is 14.4 Å². The van der Waals surface area contributed by atoms with Crippen LogP contribution in [0, 0.1) is 0 Å². The van der Waals surface area contributed by atoms with Gasteiger partial charge in [0.15, 0.2) is 0 Å². The van der Waals surface area contributed by atoms with E-state index < -0.39 is 18.0 Å². The van der Waals surface area contributed by atoms with Gasteiger partial charge >= 0.3 is 6.16 Å². The van der Waals surface area contributed by atoms with Crippen molar-refractivity contribution >= 4 is 53.7 Å². The van der Waals surface area contributed by atoms with E-state index in [4.69, 9.17) is 39.9 Å². The monoisotopic (exact) mass is 1010 g/mol. The van der Waals surface area contributed by atoms with Gasteiger partial charge in [0.25, 0.3) is 11.8 Å². The highest BCUT2D eigenvalue weighted by Gasteiger charge is 2.33. The summed E-state index contributed by atoms with van der Waals surface area (Å²) >= 11 is 10.5. The van der Waals surface area contributed by atoms with E-state index in [0.29, 0.717) is 24.1 Å². The molecule has 0 spiro atoms. The molecule has 0 unspecified atom stereocenters. The number of halogens is 2. The lowest BCUT2D eigenvalue weighted by Gasteiger charge is -2.13. The summed E-state index contributed by atoms with van der Waals surface area (Å²) in [4.78, 5) is 41.8. The zero-order valence-corrected chi connectivity index (χ0v) is 46.3. The summed E-state index contributed by atoms with van der Waals surface area (Å²) in [6, 6.07) is 0.437. The Kier molecular flexibility index (Phi) is 64.4. The number of alkyl halides is 2. The number of nitrogens with two attached hydrogens (primary N) is 1. The number of allylic oxidation sites excluding steroid dienone is 8. The molecular formula is C54H104Cl2N4O6S. The van der Waals surface area contributed by atoms with Gasteiger partial charge in [0.05, 0.1) is 11.9 Å². The number of aliphatic hydroxyl groups excluding tert-OH is 1. The molecule has 1 aliphatic rings. The van der Waals surface area contributed by atoms with E-state index in [0.717, 1.165) is 44.9 Å². The Hall–Kier alpha value is -1.86. The number of hydroxylamine groups is 2. The van der Waals surface area contributed by atoms with Crippen LogP contribution in [-0.2, 0) is 19.2 Å². The molecule has 0 atom stereocenters. The van der Waals surface area contributed by atoms with Crippen LogP contribution in [-0.4, -0.2) is 111 Å². The molecule has 1 aliphatic heterocycles. The maximum atomic E-state index is 11.1.